The molecule has 2 aromatic carbocycles. The number of nitrogens with zero attached hydrogens (tertiary/aromatic N) is 4. The minimum atomic E-state index is -0.509. The van der Waals surface area contributed by atoms with Gasteiger partial charge in [-0.2, -0.15) is 0 Å². The highest BCUT2D eigenvalue weighted by Gasteiger charge is 2.33. The Labute approximate surface area is 246 Å². The minimum absolute atomic E-state index is 0.0297. The van der Waals surface area contributed by atoms with E-state index < -0.39 is 5.60 Å². The molecule has 0 aliphatic carbocycles. The van der Waals surface area contributed by atoms with Crippen LogP contribution in [0.5, 0.6) is 0 Å². The molecule has 1 N–H and O–H groups in total. The molecule has 3 heterocycles. The Morgan fingerprint density at radius 3 is 2.59 bits per heavy atom. The van der Waals surface area contributed by atoms with Gasteiger partial charge in [-0.15, -0.1) is 0 Å². The number of thiazole rings is 1. The highest BCUT2D eigenvalue weighted by Crippen LogP contribution is 2.35. The number of carbonyl (C=O) groups excluding carboxylic acids is 2. The smallest absolute Gasteiger partial charge is 0.410 e. The van der Waals surface area contributed by atoms with Crippen LogP contribution < -0.4 is 5.32 Å². The molecule has 1 fully saturated rings. The molecule has 2 amide bonds. The largest absolute Gasteiger partial charge is 0.444 e. The Bertz CT molecular complexity index is 1510. The maximum absolute atomic E-state index is 12.7. The number of rotatable bonds is 9. The van der Waals surface area contributed by atoms with E-state index in [2.05, 4.69) is 58.9 Å². The normalized spacial score (nSPS) is 15.8. The van der Waals surface area contributed by atoms with Crippen molar-refractivity contribution in [1.29, 1.82) is 0 Å². The predicted octanol–water partition coefficient (Wildman–Crippen LogP) is 6.75. The lowest BCUT2D eigenvalue weighted by Crippen LogP contribution is -2.36. The van der Waals surface area contributed by atoms with Crippen molar-refractivity contribution < 1.29 is 14.3 Å². The van der Waals surface area contributed by atoms with E-state index in [1.807, 2.05) is 43.9 Å². The molecule has 5 rings (SSSR count). The molecule has 9 heteroatoms. The van der Waals surface area contributed by atoms with Gasteiger partial charge in [0.15, 0.2) is 4.96 Å². The lowest BCUT2D eigenvalue weighted by atomic mass is 10.0. The van der Waals surface area contributed by atoms with Crippen molar-refractivity contribution in [3.8, 4) is 11.3 Å². The van der Waals surface area contributed by atoms with Gasteiger partial charge in [0, 0.05) is 30.4 Å². The molecule has 0 spiro atoms. The number of amides is 2. The summed E-state index contributed by atoms with van der Waals surface area (Å²) >= 11 is 1.59. The van der Waals surface area contributed by atoms with Crippen LogP contribution in [-0.2, 0) is 4.74 Å². The van der Waals surface area contributed by atoms with E-state index >= 15 is 0 Å². The topological polar surface area (TPSA) is 79.2 Å². The van der Waals surface area contributed by atoms with Crippen LogP contribution in [0.15, 0.2) is 48.7 Å². The summed E-state index contributed by atoms with van der Waals surface area (Å²) in [6.07, 6.45) is 4.64. The van der Waals surface area contributed by atoms with Crippen LogP contribution in [0.1, 0.15) is 75.8 Å². The molecule has 218 valence electrons. The minimum Gasteiger partial charge on any atom is -0.444 e. The number of fused-ring (bicyclic) bond motifs is 3. The third-order valence-corrected chi connectivity index (χ3v) is 8.68. The van der Waals surface area contributed by atoms with E-state index in [1.165, 1.54) is 0 Å². The number of ether oxygens (including phenoxy) is 1. The first-order valence-electron chi connectivity index (χ1n) is 14.7. The van der Waals surface area contributed by atoms with Gasteiger partial charge in [0.05, 0.1) is 22.0 Å². The Kier molecular flexibility index (Phi) is 8.66. The quantitative estimate of drug-likeness (QED) is 0.223. The number of nitrogens with one attached hydrogen (secondary N) is 1. The average Bonchev–Trinajstić information content (AvgIpc) is 3.67. The van der Waals surface area contributed by atoms with Gasteiger partial charge < -0.3 is 19.9 Å². The Morgan fingerprint density at radius 2 is 1.88 bits per heavy atom. The van der Waals surface area contributed by atoms with Gasteiger partial charge in [-0.05, 0) is 83.4 Å². The van der Waals surface area contributed by atoms with Crippen LogP contribution in [0.4, 0.5) is 4.79 Å². The molecule has 1 saturated heterocycles. The van der Waals surface area contributed by atoms with Gasteiger partial charge in [0.1, 0.15) is 5.60 Å². The molecule has 1 atom stereocenters. The number of hydrogen-bond acceptors (Lipinski definition) is 6. The van der Waals surface area contributed by atoms with Crippen LogP contribution in [0, 0.1) is 0 Å². The van der Waals surface area contributed by atoms with E-state index in [4.69, 9.17) is 9.72 Å². The lowest BCUT2D eigenvalue weighted by Gasteiger charge is -2.28. The van der Waals surface area contributed by atoms with E-state index in [0.717, 1.165) is 70.9 Å². The van der Waals surface area contributed by atoms with Crippen LogP contribution in [0.25, 0.3) is 26.4 Å². The number of likely N-dealkylation sites (tertiary alicyclic amines) is 1. The van der Waals surface area contributed by atoms with Crippen LogP contribution >= 0.6 is 11.3 Å². The van der Waals surface area contributed by atoms with Crippen LogP contribution in [0.3, 0.4) is 0 Å². The van der Waals surface area contributed by atoms with Gasteiger partial charge in [-0.1, -0.05) is 49.4 Å². The molecule has 41 heavy (non-hydrogen) atoms. The molecule has 2 aromatic heterocycles. The molecule has 0 radical (unpaired) electrons. The second-order valence-electron chi connectivity index (χ2n) is 11.7. The molecule has 0 bridgehead atoms. The van der Waals surface area contributed by atoms with Gasteiger partial charge in [-0.3, -0.25) is 9.20 Å². The van der Waals surface area contributed by atoms with E-state index in [9.17, 15) is 9.59 Å². The van der Waals surface area contributed by atoms with Crippen molar-refractivity contribution in [2.24, 2.45) is 0 Å². The maximum Gasteiger partial charge on any atom is 0.410 e. The molecular weight excluding hydrogens is 534 g/mol. The van der Waals surface area contributed by atoms with Gasteiger partial charge in [0.25, 0.3) is 5.91 Å². The summed E-state index contributed by atoms with van der Waals surface area (Å²) in [5, 5.41) is 3.06. The van der Waals surface area contributed by atoms with Crippen LogP contribution in [-0.4, -0.2) is 69.5 Å². The summed E-state index contributed by atoms with van der Waals surface area (Å²) in [5.41, 5.74) is 4.24. The maximum atomic E-state index is 12.7. The molecule has 0 saturated carbocycles. The van der Waals surface area contributed by atoms with Gasteiger partial charge >= 0.3 is 6.09 Å². The Balaban J connectivity index is 1.26. The van der Waals surface area contributed by atoms with E-state index in [0.29, 0.717) is 18.7 Å². The Hall–Kier alpha value is -3.43. The van der Waals surface area contributed by atoms with Gasteiger partial charge in [0.2, 0.25) is 0 Å². The van der Waals surface area contributed by atoms with Crippen molar-refractivity contribution in [3.63, 3.8) is 0 Å². The van der Waals surface area contributed by atoms with Gasteiger partial charge in [-0.25, -0.2) is 9.78 Å². The standard InChI is InChI=1S/C32H41N5O3S/c1-6-35(7-2)18-9-17-33-29(38)24-15-16-27-28(20-24)41-30-34-25(21-37(27)30)22-11-13-23(14-12-22)26-10-8-19-36(26)31(39)40-32(3,4)5/h11-16,20-21,26H,6-10,17-19H2,1-5H3,(H,33,38)/t26-/m1/s1. The van der Waals surface area contributed by atoms with Crippen molar-refractivity contribution >= 4 is 38.5 Å². The number of carbonyl (C=O) groups is 2. The monoisotopic (exact) mass is 575 g/mol. The summed E-state index contributed by atoms with van der Waals surface area (Å²) in [7, 11) is 0. The first kappa shape index (κ1) is 29.1. The summed E-state index contributed by atoms with van der Waals surface area (Å²) in [4.78, 5) is 35.5. The third kappa shape index (κ3) is 6.57. The molecule has 1 aliphatic heterocycles. The fraction of sp³-hybridized carbons (Fsp3) is 0.469. The average molecular weight is 576 g/mol. The van der Waals surface area contributed by atoms with Crippen molar-refractivity contribution in [2.45, 2.75) is 65.5 Å². The zero-order valence-electron chi connectivity index (χ0n) is 24.8. The zero-order valence-corrected chi connectivity index (χ0v) is 25.6. The highest BCUT2D eigenvalue weighted by atomic mass is 32.1. The first-order chi connectivity index (χ1) is 19.7. The number of aromatic nitrogens is 2. The summed E-state index contributed by atoms with van der Waals surface area (Å²) in [6, 6.07) is 14.2. The molecule has 4 aromatic rings. The van der Waals surface area contributed by atoms with E-state index in [1.54, 1.807) is 11.3 Å². The highest BCUT2D eigenvalue weighted by molar-refractivity contribution is 7.23. The summed E-state index contributed by atoms with van der Waals surface area (Å²) in [5.74, 6) is -0.0363. The van der Waals surface area contributed by atoms with Crippen molar-refractivity contribution in [1.82, 2.24) is 24.5 Å². The fourth-order valence-electron chi connectivity index (χ4n) is 5.46. The van der Waals surface area contributed by atoms with Crippen molar-refractivity contribution in [3.05, 3.63) is 59.8 Å². The number of benzene rings is 2. The molecule has 0 unspecified atom stereocenters. The SMILES string of the molecule is CCN(CC)CCCNC(=O)c1ccc2c(c1)sc1nc(-c3ccc([C@H]4CCCN4C(=O)OC(C)(C)C)cc3)cn12. The Morgan fingerprint density at radius 1 is 1.12 bits per heavy atom. The zero-order chi connectivity index (χ0) is 29.1. The predicted molar refractivity (Wildman–Crippen MR) is 166 cm³/mol. The molecule has 8 nitrogen and oxygen atoms in total. The van der Waals surface area contributed by atoms with E-state index in [-0.39, 0.29) is 18.0 Å². The fourth-order valence-corrected chi connectivity index (χ4v) is 6.50. The van der Waals surface area contributed by atoms with Crippen molar-refractivity contribution in [2.75, 3.05) is 32.7 Å². The van der Waals surface area contributed by atoms with Crippen LogP contribution in [0.2, 0.25) is 0 Å². The summed E-state index contributed by atoms with van der Waals surface area (Å²) in [6.45, 7) is 14.5. The second kappa shape index (κ2) is 12.2. The molecular formula is C32H41N5O3S. The second-order valence-corrected chi connectivity index (χ2v) is 12.7. The lowest BCUT2D eigenvalue weighted by molar-refractivity contribution is 0.0224. The summed E-state index contributed by atoms with van der Waals surface area (Å²) < 4.78 is 8.77. The third-order valence-electron chi connectivity index (χ3n) is 7.66. The first-order valence-corrected chi connectivity index (χ1v) is 15.5. The number of imidazole rings is 1. The molecule has 1 aliphatic rings. The number of hydrogen-bond donors (Lipinski definition) is 1.